The van der Waals surface area contributed by atoms with Crippen molar-refractivity contribution in [3.63, 3.8) is 0 Å². The van der Waals surface area contributed by atoms with Crippen molar-refractivity contribution in [1.82, 2.24) is 4.98 Å². The van der Waals surface area contributed by atoms with E-state index in [-0.39, 0.29) is 11.4 Å². The Kier molecular flexibility index (Phi) is 2.53. The monoisotopic (exact) mass is 210 g/mol. The minimum absolute atomic E-state index is 0.174. The van der Waals surface area contributed by atoms with Crippen molar-refractivity contribution in [2.75, 3.05) is 13.2 Å². The maximum absolute atomic E-state index is 10.9. The third-order valence-electron chi connectivity index (χ3n) is 2.06. The fraction of sp³-hybridized carbons (Fsp3) is 0.333. The van der Waals surface area contributed by atoms with Crippen LogP contribution in [0.3, 0.4) is 0 Å². The van der Waals surface area contributed by atoms with Crippen molar-refractivity contribution in [3.8, 4) is 5.75 Å². The highest BCUT2D eigenvalue weighted by Gasteiger charge is 2.24. The molecule has 1 aliphatic rings. The number of aromatic hydroxyl groups is 1. The lowest BCUT2D eigenvalue weighted by Gasteiger charge is -2.11. The van der Waals surface area contributed by atoms with Gasteiger partial charge in [0.2, 0.25) is 0 Å². The van der Waals surface area contributed by atoms with E-state index in [0.717, 1.165) is 0 Å². The van der Waals surface area contributed by atoms with Crippen molar-refractivity contribution in [3.05, 3.63) is 23.5 Å². The first-order chi connectivity index (χ1) is 7.20. The molecule has 1 aromatic rings. The van der Waals surface area contributed by atoms with Crippen molar-refractivity contribution >= 4 is 5.91 Å². The molecule has 3 N–H and O–H groups in total. The van der Waals surface area contributed by atoms with Crippen molar-refractivity contribution in [1.29, 1.82) is 0 Å². The molecule has 0 atom stereocenters. The molecule has 2 rings (SSSR count). The molecule has 1 aliphatic heterocycles. The number of carbonyl (C=O) groups is 1. The van der Waals surface area contributed by atoms with E-state index in [4.69, 9.17) is 15.2 Å². The summed E-state index contributed by atoms with van der Waals surface area (Å²) in [4.78, 5) is 14.6. The fourth-order valence-corrected chi connectivity index (χ4v) is 1.38. The van der Waals surface area contributed by atoms with Crippen LogP contribution in [0, 0.1) is 0 Å². The average Bonchev–Trinajstić information content (AvgIpc) is 2.70. The van der Waals surface area contributed by atoms with Gasteiger partial charge in [0.25, 0.3) is 5.91 Å². The Balaban J connectivity index is 2.39. The summed E-state index contributed by atoms with van der Waals surface area (Å²) in [6, 6.07) is 1.53. The lowest BCUT2D eigenvalue weighted by atomic mass is 10.2. The second kappa shape index (κ2) is 3.84. The zero-order valence-corrected chi connectivity index (χ0v) is 7.84. The lowest BCUT2D eigenvalue weighted by Crippen LogP contribution is -2.14. The average molecular weight is 210 g/mol. The van der Waals surface area contributed by atoms with Crippen LogP contribution in [-0.2, 0) is 9.47 Å². The van der Waals surface area contributed by atoms with Crippen LogP contribution in [0.1, 0.15) is 22.3 Å². The largest absolute Gasteiger partial charge is 0.505 e. The molecular weight excluding hydrogens is 200 g/mol. The van der Waals surface area contributed by atoms with Crippen LogP contribution in [0.25, 0.3) is 0 Å². The summed E-state index contributed by atoms with van der Waals surface area (Å²) in [6.45, 7) is 0.913. The number of hydrogen-bond donors (Lipinski definition) is 2. The predicted octanol–water partition coefficient (Wildman–Crippen LogP) is -0.0685. The van der Waals surface area contributed by atoms with Gasteiger partial charge in [-0.3, -0.25) is 4.79 Å². The molecule has 1 amide bonds. The number of nitrogens with two attached hydrogens (primary N) is 1. The van der Waals surface area contributed by atoms with Gasteiger partial charge in [-0.25, -0.2) is 4.98 Å². The number of pyridine rings is 1. The molecule has 0 unspecified atom stereocenters. The molecule has 6 nitrogen and oxygen atoms in total. The number of aromatic nitrogens is 1. The molecule has 2 heterocycles. The van der Waals surface area contributed by atoms with Crippen LogP contribution in [0.5, 0.6) is 5.75 Å². The molecule has 0 spiro atoms. The molecule has 1 fully saturated rings. The number of amides is 1. The van der Waals surface area contributed by atoms with Gasteiger partial charge in [0.15, 0.2) is 17.7 Å². The standard InChI is InChI=1S/C9H10N2O4/c10-8(13)6-7(12)5(1-2-11-6)9-14-3-4-15-9/h1-2,9,12H,3-4H2,(H2,10,13). The van der Waals surface area contributed by atoms with E-state index >= 15 is 0 Å². The summed E-state index contributed by atoms with van der Waals surface area (Å²) in [6.07, 6.45) is 0.728. The van der Waals surface area contributed by atoms with Crippen LogP contribution in [0.4, 0.5) is 0 Å². The third-order valence-corrected chi connectivity index (χ3v) is 2.06. The van der Waals surface area contributed by atoms with Gasteiger partial charge in [-0.05, 0) is 6.07 Å². The number of nitrogens with zero attached hydrogens (tertiary/aromatic N) is 1. The summed E-state index contributed by atoms with van der Waals surface area (Å²) in [5.41, 5.74) is 5.24. The smallest absolute Gasteiger partial charge is 0.271 e. The van der Waals surface area contributed by atoms with Crippen LogP contribution in [-0.4, -0.2) is 29.2 Å². The number of rotatable bonds is 2. The molecule has 0 saturated carbocycles. The van der Waals surface area contributed by atoms with Gasteiger partial charge in [0.1, 0.15) is 0 Å². The number of hydrogen-bond acceptors (Lipinski definition) is 5. The molecule has 15 heavy (non-hydrogen) atoms. The summed E-state index contributed by atoms with van der Waals surface area (Å²) in [7, 11) is 0. The summed E-state index contributed by atoms with van der Waals surface area (Å²) in [5, 5.41) is 9.70. The van der Waals surface area contributed by atoms with Crippen LogP contribution >= 0.6 is 0 Å². The first kappa shape index (κ1) is 9.88. The third kappa shape index (κ3) is 1.77. The van der Waals surface area contributed by atoms with Gasteiger partial charge in [-0.1, -0.05) is 0 Å². The van der Waals surface area contributed by atoms with Crippen LogP contribution < -0.4 is 5.73 Å². The van der Waals surface area contributed by atoms with E-state index in [1.807, 2.05) is 0 Å². The van der Waals surface area contributed by atoms with Gasteiger partial charge in [-0.2, -0.15) is 0 Å². The number of primary amides is 1. The van der Waals surface area contributed by atoms with Gasteiger partial charge in [-0.15, -0.1) is 0 Å². The minimum Gasteiger partial charge on any atom is -0.505 e. The highest BCUT2D eigenvalue weighted by atomic mass is 16.7. The maximum atomic E-state index is 10.9. The van der Waals surface area contributed by atoms with Gasteiger partial charge >= 0.3 is 0 Å². The number of carbonyl (C=O) groups excluding carboxylic acids is 1. The normalized spacial score (nSPS) is 16.8. The first-order valence-electron chi connectivity index (χ1n) is 4.41. The number of ether oxygens (including phenoxy) is 2. The molecule has 0 radical (unpaired) electrons. The Labute approximate surface area is 85.6 Å². The second-order valence-electron chi connectivity index (χ2n) is 3.04. The highest BCUT2D eigenvalue weighted by Crippen LogP contribution is 2.31. The van der Waals surface area contributed by atoms with Crippen LogP contribution in [0.15, 0.2) is 12.3 Å². The topological polar surface area (TPSA) is 94.7 Å². The first-order valence-corrected chi connectivity index (χ1v) is 4.41. The zero-order valence-electron chi connectivity index (χ0n) is 7.84. The zero-order chi connectivity index (χ0) is 10.8. The SMILES string of the molecule is NC(=O)c1nccc(C2OCCO2)c1O. The second-order valence-corrected chi connectivity index (χ2v) is 3.04. The van der Waals surface area contributed by atoms with E-state index in [1.54, 1.807) is 0 Å². The highest BCUT2D eigenvalue weighted by molar-refractivity contribution is 5.93. The summed E-state index contributed by atoms with van der Waals surface area (Å²) in [5.74, 6) is -1.07. The van der Waals surface area contributed by atoms with Crippen molar-refractivity contribution in [2.24, 2.45) is 5.73 Å². The molecule has 1 aromatic heterocycles. The van der Waals surface area contributed by atoms with Crippen molar-refractivity contribution in [2.45, 2.75) is 6.29 Å². The van der Waals surface area contributed by atoms with Gasteiger partial charge in [0, 0.05) is 6.20 Å². The Morgan fingerprint density at radius 1 is 1.53 bits per heavy atom. The molecule has 80 valence electrons. The van der Waals surface area contributed by atoms with E-state index in [1.165, 1.54) is 12.3 Å². The maximum Gasteiger partial charge on any atom is 0.271 e. The Bertz CT molecular complexity index is 388. The predicted molar refractivity (Wildman–Crippen MR) is 49.1 cm³/mol. The Morgan fingerprint density at radius 3 is 2.80 bits per heavy atom. The van der Waals surface area contributed by atoms with E-state index in [0.29, 0.717) is 18.8 Å². The van der Waals surface area contributed by atoms with E-state index < -0.39 is 12.2 Å². The van der Waals surface area contributed by atoms with E-state index in [9.17, 15) is 9.90 Å². The van der Waals surface area contributed by atoms with Gasteiger partial charge < -0.3 is 20.3 Å². The Morgan fingerprint density at radius 2 is 2.20 bits per heavy atom. The molecule has 0 bridgehead atoms. The molecule has 0 aromatic carbocycles. The minimum atomic E-state index is -0.785. The molecule has 1 saturated heterocycles. The summed E-state index contributed by atoms with van der Waals surface area (Å²) < 4.78 is 10.4. The lowest BCUT2D eigenvalue weighted by molar-refractivity contribution is -0.0455. The van der Waals surface area contributed by atoms with E-state index in [2.05, 4.69) is 4.98 Å². The van der Waals surface area contributed by atoms with Crippen molar-refractivity contribution < 1.29 is 19.4 Å². The summed E-state index contributed by atoms with van der Waals surface area (Å²) >= 11 is 0. The van der Waals surface area contributed by atoms with Gasteiger partial charge in [0.05, 0.1) is 18.8 Å². The van der Waals surface area contributed by atoms with Crippen LogP contribution in [0.2, 0.25) is 0 Å². The molecule has 0 aliphatic carbocycles. The Hall–Kier alpha value is -1.66. The fourth-order valence-electron chi connectivity index (χ4n) is 1.38. The molecular formula is C9H10N2O4. The molecule has 6 heteroatoms. The quantitative estimate of drug-likeness (QED) is 0.712.